The van der Waals surface area contributed by atoms with Gasteiger partial charge < -0.3 is 15.0 Å². The molecule has 0 aliphatic rings. The van der Waals surface area contributed by atoms with Gasteiger partial charge >= 0.3 is 0 Å². The minimum atomic E-state index is -0.625. The molecule has 0 aliphatic heterocycles. The molecule has 0 fully saturated rings. The van der Waals surface area contributed by atoms with E-state index in [1.54, 1.807) is 4.90 Å². The van der Waals surface area contributed by atoms with Crippen molar-refractivity contribution in [2.75, 3.05) is 13.2 Å². The van der Waals surface area contributed by atoms with Crippen LogP contribution in [0.25, 0.3) is 0 Å². The van der Waals surface area contributed by atoms with Crippen LogP contribution in [-0.4, -0.2) is 35.9 Å². The molecule has 0 bridgehead atoms. The summed E-state index contributed by atoms with van der Waals surface area (Å²) >= 11 is 6.09. The summed E-state index contributed by atoms with van der Waals surface area (Å²) in [6.07, 6.45) is 3.16. The quantitative estimate of drug-likeness (QED) is 0.251. The third kappa shape index (κ3) is 9.58. The number of nitrogens with one attached hydrogen (secondary N) is 1. The van der Waals surface area contributed by atoms with Crippen LogP contribution in [0.1, 0.15) is 49.3 Å². The highest BCUT2D eigenvalue weighted by molar-refractivity contribution is 6.30. The van der Waals surface area contributed by atoms with Crippen LogP contribution in [0.4, 0.5) is 0 Å². The lowest BCUT2D eigenvalue weighted by Crippen LogP contribution is -2.50. The summed E-state index contributed by atoms with van der Waals surface area (Å²) in [5, 5.41) is 3.68. The van der Waals surface area contributed by atoms with Crippen molar-refractivity contribution in [2.45, 2.75) is 58.5 Å². The zero-order chi connectivity index (χ0) is 26.5. The molecule has 3 rings (SSSR count). The van der Waals surface area contributed by atoms with Gasteiger partial charge in [0.2, 0.25) is 11.8 Å². The van der Waals surface area contributed by atoms with Crippen LogP contribution >= 0.6 is 11.6 Å². The number of carbonyl (C=O) groups excluding carboxylic acids is 2. The number of benzene rings is 3. The molecule has 0 radical (unpaired) electrons. The van der Waals surface area contributed by atoms with Crippen LogP contribution < -0.4 is 10.1 Å². The van der Waals surface area contributed by atoms with Crippen LogP contribution in [0, 0.1) is 6.92 Å². The van der Waals surface area contributed by atoms with E-state index in [1.807, 2.05) is 85.8 Å². The van der Waals surface area contributed by atoms with E-state index in [0.717, 1.165) is 29.7 Å². The highest BCUT2D eigenvalue weighted by Gasteiger charge is 2.30. The minimum Gasteiger partial charge on any atom is -0.494 e. The van der Waals surface area contributed by atoms with Gasteiger partial charge in [-0.2, -0.15) is 0 Å². The van der Waals surface area contributed by atoms with Crippen molar-refractivity contribution < 1.29 is 14.3 Å². The van der Waals surface area contributed by atoms with Gasteiger partial charge in [-0.05, 0) is 55.2 Å². The minimum absolute atomic E-state index is 0.0750. The van der Waals surface area contributed by atoms with Crippen molar-refractivity contribution in [1.82, 2.24) is 10.2 Å². The molecule has 6 heteroatoms. The van der Waals surface area contributed by atoms with Crippen molar-refractivity contribution in [1.29, 1.82) is 0 Å². The fourth-order valence-corrected chi connectivity index (χ4v) is 4.16. The number of nitrogens with zero attached hydrogens (tertiary/aromatic N) is 1. The fourth-order valence-electron chi connectivity index (χ4n) is 4.04. The van der Waals surface area contributed by atoms with E-state index < -0.39 is 6.04 Å². The van der Waals surface area contributed by atoms with E-state index >= 15 is 0 Å². The number of ether oxygens (including phenoxy) is 1. The predicted octanol–water partition coefficient (Wildman–Crippen LogP) is 6.36. The zero-order valence-electron chi connectivity index (χ0n) is 21.8. The first-order valence-electron chi connectivity index (χ1n) is 13.0. The van der Waals surface area contributed by atoms with E-state index in [4.69, 9.17) is 16.3 Å². The Labute approximate surface area is 225 Å². The Bertz CT molecular complexity index is 1100. The van der Waals surface area contributed by atoms with Gasteiger partial charge in [-0.15, -0.1) is 0 Å². The lowest BCUT2D eigenvalue weighted by molar-refractivity contribution is -0.141. The third-order valence-electron chi connectivity index (χ3n) is 6.19. The highest BCUT2D eigenvalue weighted by Crippen LogP contribution is 2.18. The van der Waals surface area contributed by atoms with Crippen LogP contribution in [0.15, 0.2) is 78.9 Å². The first-order valence-corrected chi connectivity index (χ1v) is 13.4. The molecule has 1 atom stereocenters. The molecule has 5 nitrogen and oxygen atoms in total. The Morgan fingerprint density at radius 2 is 1.62 bits per heavy atom. The number of unbranched alkanes of at least 4 members (excludes halogenated alkanes) is 1. The fraction of sp³-hybridized carbons (Fsp3) is 0.355. The van der Waals surface area contributed by atoms with Gasteiger partial charge in [-0.1, -0.05) is 85.1 Å². The molecule has 1 N–H and O–H groups in total. The van der Waals surface area contributed by atoms with E-state index in [2.05, 4.69) is 12.2 Å². The molecule has 3 aromatic carbocycles. The summed E-state index contributed by atoms with van der Waals surface area (Å²) in [6.45, 7) is 5.46. The van der Waals surface area contributed by atoms with Crippen LogP contribution in [0.5, 0.6) is 5.75 Å². The summed E-state index contributed by atoms with van der Waals surface area (Å²) < 4.78 is 5.83. The van der Waals surface area contributed by atoms with E-state index in [0.29, 0.717) is 37.6 Å². The summed E-state index contributed by atoms with van der Waals surface area (Å²) in [7, 11) is 0. The normalized spacial score (nSPS) is 11.5. The molecule has 0 spiro atoms. The lowest BCUT2D eigenvalue weighted by Gasteiger charge is -2.31. The van der Waals surface area contributed by atoms with Crippen LogP contribution in [0.2, 0.25) is 5.02 Å². The van der Waals surface area contributed by atoms with Gasteiger partial charge in [0, 0.05) is 31.0 Å². The van der Waals surface area contributed by atoms with Crippen molar-refractivity contribution in [3.05, 3.63) is 101 Å². The van der Waals surface area contributed by atoms with Gasteiger partial charge in [-0.25, -0.2) is 0 Å². The third-order valence-corrected chi connectivity index (χ3v) is 6.44. The molecule has 3 aromatic rings. The Kier molecular flexibility index (Phi) is 11.5. The summed E-state index contributed by atoms with van der Waals surface area (Å²) in [5.41, 5.74) is 3.10. The SMILES string of the molecule is CCCCNC(=O)[C@@H](Cc1ccccc1)N(Cc1ccc(Cl)cc1)C(=O)CCCOc1ccc(C)cc1. The molecule has 0 aliphatic carbocycles. The second-order valence-corrected chi connectivity index (χ2v) is 9.70. The average molecular weight is 521 g/mol. The lowest BCUT2D eigenvalue weighted by atomic mass is 10.0. The van der Waals surface area contributed by atoms with Gasteiger partial charge in [0.1, 0.15) is 11.8 Å². The van der Waals surface area contributed by atoms with Gasteiger partial charge in [0.25, 0.3) is 0 Å². The average Bonchev–Trinajstić information content (AvgIpc) is 2.91. The molecule has 2 amide bonds. The Hall–Kier alpha value is -3.31. The monoisotopic (exact) mass is 520 g/mol. The zero-order valence-corrected chi connectivity index (χ0v) is 22.5. The Balaban J connectivity index is 1.76. The summed E-state index contributed by atoms with van der Waals surface area (Å²) in [5.74, 6) is 0.581. The van der Waals surface area contributed by atoms with Crippen LogP contribution in [0.3, 0.4) is 0 Å². The van der Waals surface area contributed by atoms with E-state index in [-0.39, 0.29) is 18.2 Å². The van der Waals surface area contributed by atoms with Crippen molar-refractivity contribution in [2.24, 2.45) is 0 Å². The largest absolute Gasteiger partial charge is 0.494 e. The Morgan fingerprint density at radius 3 is 2.30 bits per heavy atom. The maximum Gasteiger partial charge on any atom is 0.243 e. The Morgan fingerprint density at radius 1 is 0.919 bits per heavy atom. The van der Waals surface area contributed by atoms with Gasteiger partial charge in [0.15, 0.2) is 0 Å². The maximum absolute atomic E-state index is 13.6. The summed E-state index contributed by atoms with van der Waals surface area (Å²) in [6, 6.07) is 24.5. The maximum atomic E-state index is 13.6. The first kappa shape index (κ1) is 28.3. The topological polar surface area (TPSA) is 58.6 Å². The summed E-state index contributed by atoms with van der Waals surface area (Å²) in [4.78, 5) is 28.7. The van der Waals surface area contributed by atoms with E-state index in [1.165, 1.54) is 5.56 Å². The predicted molar refractivity (Wildman–Crippen MR) is 150 cm³/mol. The molecule has 0 saturated heterocycles. The second-order valence-electron chi connectivity index (χ2n) is 9.26. The van der Waals surface area contributed by atoms with Crippen molar-refractivity contribution >= 4 is 23.4 Å². The standard InChI is InChI=1S/C31H37ClN2O3/c1-3-4-20-33-31(36)29(22-25-9-6-5-7-10-25)34(23-26-14-16-27(32)17-15-26)30(35)11-8-21-37-28-18-12-24(2)13-19-28/h5-7,9-10,12-19,29H,3-4,8,11,20-23H2,1-2H3,(H,33,36)/t29-/m1/s1. The molecule has 0 heterocycles. The first-order chi connectivity index (χ1) is 18.0. The molecule has 0 unspecified atom stereocenters. The smallest absolute Gasteiger partial charge is 0.243 e. The number of amides is 2. The van der Waals surface area contributed by atoms with Gasteiger partial charge in [-0.3, -0.25) is 9.59 Å². The molecule has 0 saturated carbocycles. The molecule has 37 heavy (non-hydrogen) atoms. The highest BCUT2D eigenvalue weighted by atomic mass is 35.5. The van der Waals surface area contributed by atoms with E-state index in [9.17, 15) is 9.59 Å². The van der Waals surface area contributed by atoms with Crippen LogP contribution in [-0.2, 0) is 22.6 Å². The number of hydrogen-bond donors (Lipinski definition) is 1. The molecule has 0 aromatic heterocycles. The van der Waals surface area contributed by atoms with Crippen molar-refractivity contribution in [3.8, 4) is 5.75 Å². The number of halogens is 1. The number of carbonyl (C=O) groups is 2. The molecular weight excluding hydrogens is 484 g/mol. The van der Waals surface area contributed by atoms with Crippen molar-refractivity contribution in [3.63, 3.8) is 0 Å². The second kappa shape index (κ2) is 15.1. The number of rotatable bonds is 14. The molecule has 196 valence electrons. The van der Waals surface area contributed by atoms with Gasteiger partial charge in [0.05, 0.1) is 6.61 Å². The molecular formula is C31H37ClN2O3. The number of aryl methyl sites for hydroxylation is 1. The number of hydrogen-bond acceptors (Lipinski definition) is 3.